The van der Waals surface area contributed by atoms with E-state index < -0.39 is 0 Å². The van der Waals surface area contributed by atoms with Crippen molar-refractivity contribution in [1.29, 1.82) is 0 Å². The molecular weight excluding hydrogens is 256 g/mol. The molecule has 0 N–H and O–H groups in total. The van der Waals surface area contributed by atoms with E-state index in [1.807, 2.05) is 0 Å². The Bertz CT molecular complexity index is 431. The van der Waals surface area contributed by atoms with Gasteiger partial charge in [0.05, 0.1) is 19.3 Å². The van der Waals surface area contributed by atoms with Crippen molar-refractivity contribution in [2.24, 2.45) is 0 Å². The Balaban J connectivity index is 1.66. The predicted molar refractivity (Wildman–Crippen MR) is 77.3 cm³/mol. The molecule has 0 aromatic carbocycles. The van der Waals surface area contributed by atoms with Gasteiger partial charge >= 0.3 is 0 Å². The van der Waals surface area contributed by atoms with Gasteiger partial charge in [0.15, 0.2) is 0 Å². The molecule has 6 heteroatoms. The fraction of sp³-hybridized carbons (Fsp3) is 0.714. The van der Waals surface area contributed by atoms with Gasteiger partial charge in [-0.25, -0.2) is 9.97 Å². The molecule has 0 spiro atoms. The van der Waals surface area contributed by atoms with E-state index in [9.17, 15) is 0 Å². The fourth-order valence-electron chi connectivity index (χ4n) is 2.70. The highest BCUT2D eigenvalue weighted by Crippen LogP contribution is 2.20. The zero-order valence-corrected chi connectivity index (χ0v) is 12.0. The molecule has 2 aliphatic rings. The lowest BCUT2D eigenvalue weighted by atomic mass is 10.2. The molecule has 0 saturated carbocycles. The smallest absolute Gasteiger partial charge is 0.134 e. The number of rotatable bonds is 4. The summed E-state index contributed by atoms with van der Waals surface area (Å²) < 4.78 is 11.1. The number of likely N-dealkylation sites (N-methyl/N-ethyl adjacent to an activating group) is 1. The summed E-state index contributed by atoms with van der Waals surface area (Å²) >= 11 is 0. The third kappa shape index (κ3) is 3.19. The van der Waals surface area contributed by atoms with E-state index in [0.717, 1.165) is 57.5 Å². The maximum Gasteiger partial charge on any atom is 0.134 e. The molecule has 0 aliphatic carbocycles. The molecule has 1 aromatic heterocycles. The maximum atomic E-state index is 5.68. The lowest BCUT2D eigenvalue weighted by Gasteiger charge is -2.29. The van der Waals surface area contributed by atoms with Crippen molar-refractivity contribution >= 4 is 11.6 Å². The van der Waals surface area contributed by atoms with Crippen molar-refractivity contribution in [1.82, 2.24) is 9.97 Å². The molecule has 6 nitrogen and oxygen atoms in total. The molecule has 0 radical (unpaired) electrons. The van der Waals surface area contributed by atoms with Crippen molar-refractivity contribution in [3.8, 4) is 0 Å². The second-order valence-electron chi connectivity index (χ2n) is 5.35. The van der Waals surface area contributed by atoms with Crippen LogP contribution in [0, 0.1) is 0 Å². The standard InChI is InChI=1S/C14H22N4O2/c1-17(10-12-3-2-6-20-12)13-9-14(16-11-15-13)18-4-7-19-8-5-18/h9,11-12H,2-8,10H2,1H3. The van der Waals surface area contributed by atoms with Gasteiger partial charge in [-0.2, -0.15) is 0 Å². The summed E-state index contributed by atoms with van der Waals surface area (Å²) in [5, 5.41) is 0. The first-order valence-electron chi connectivity index (χ1n) is 7.30. The van der Waals surface area contributed by atoms with Gasteiger partial charge in [-0.15, -0.1) is 0 Å². The summed E-state index contributed by atoms with van der Waals surface area (Å²) in [7, 11) is 2.06. The van der Waals surface area contributed by atoms with Crippen LogP contribution >= 0.6 is 0 Å². The van der Waals surface area contributed by atoms with E-state index in [-0.39, 0.29) is 0 Å². The Morgan fingerprint density at radius 2 is 2.15 bits per heavy atom. The largest absolute Gasteiger partial charge is 0.378 e. The van der Waals surface area contributed by atoms with Crippen LogP contribution in [0.25, 0.3) is 0 Å². The lowest BCUT2D eigenvalue weighted by Crippen LogP contribution is -2.37. The van der Waals surface area contributed by atoms with E-state index in [1.165, 1.54) is 6.42 Å². The molecule has 2 fully saturated rings. The first-order valence-corrected chi connectivity index (χ1v) is 7.30. The molecule has 0 bridgehead atoms. The van der Waals surface area contributed by atoms with Crippen LogP contribution in [-0.2, 0) is 9.47 Å². The molecule has 20 heavy (non-hydrogen) atoms. The van der Waals surface area contributed by atoms with Crippen LogP contribution in [-0.4, -0.2) is 62.6 Å². The van der Waals surface area contributed by atoms with Crippen LogP contribution in [0.5, 0.6) is 0 Å². The average molecular weight is 278 g/mol. The molecule has 110 valence electrons. The summed E-state index contributed by atoms with van der Waals surface area (Å²) in [6, 6.07) is 2.06. The Morgan fingerprint density at radius 1 is 1.30 bits per heavy atom. The summed E-state index contributed by atoms with van der Waals surface area (Å²) in [5.74, 6) is 1.94. The van der Waals surface area contributed by atoms with Crippen molar-refractivity contribution in [3.05, 3.63) is 12.4 Å². The SMILES string of the molecule is CN(CC1CCCO1)c1cc(N2CCOCC2)ncn1. The maximum absolute atomic E-state index is 5.68. The van der Waals surface area contributed by atoms with Crippen molar-refractivity contribution in [2.45, 2.75) is 18.9 Å². The average Bonchev–Trinajstić information content (AvgIpc) is 3.01. The van der Waals surface area contributed by atoms with Gasteiger partial charge in [-0.05, 0) is 12.8 Å². The molecular formula is C14H22N4O2. The Hall–Kier alpha value is -1.40. The van der Waals surface area contributed by atoms with Crippen molar-refractivity contribution < 1.29 is 9.47 Å². The number of anilines is 2. The summed E-state index contributed by atoms with van der Waals surface area (Å²) in [5.41, 5.74) is 0. The minimum atomic E-state index is 0.335. The van der Waals surface area contributed by atoms with Crippen LogP contribution in [0.4, 0.5) is 11.6 Å². The number of nitrogens with zero attached hydrogens (tertiary/aromatic N) is 4. The number of ether oxygens (including phenoxy) is 2. The van der Waals surface area contributed by atoms with Gasteiger partial charge in [-0.3, -0.25) is 0 Å². The van der Waals surface area contributed by atoms with E-state index in [1.54, 1.807) is 6.33 Å². The van der Waals surface area contributed by atoms with Gasteiger partial charge < -0.3 is 19.3 Å². The molecule has 3 heterocycles. The minimum absolute atomic E-state index is 0.335. The van der Waals surface area contributed by atoms with Gasteiger partial charge in [0, 0.05) is 39.4 Å². The van der Waals surface area contributed by atoms with Crippen LogP contribution in [0.2, 0.25) is 0 Å². The van der Waals surface area contributed by atoms with Crippen molar-refractivity contribution in [3.63, 3.8) is 0 Å². The van der Waals surface area contributed by atoms with Gasteiger partial charge in [0.2, 0.25) is 0 Å². The first-order chi connectivity index (χ1) is 9.83. The zero-order chi connectivity index (χ0) is 13.8. The molecule has 0 amide bonds. The number of hydrogen-bond acceptors (Lipinski definition) is 6. The third-order valence-electron chi connectivity index (χ3n) is 3.87. The zero-order valence-electron chi connectivity index (χ0n) is 12.0. The first kappa shape index (κ1) is 13.6. The van der Waals surface area contributed by atoms with E-state index in [0.29, 0.717) is 6.10 Å². The van der Waals surface area contributed by atoms with Crippen LogP contribution < -0.4 is 9.80 Å². The van der Waals surface area contributed by atoms with Gasteiger partial charge in [0.1, 0.15) is 18.0 Å². The topological polar surface area (TPSA) is 50.7 Å². The summed E-state index contributed by atoms with van der Waals surface area (Å²) in [4.78, 5) is 13.2. The van der Waals surface area contributed by atoms with Crippen LogP contribution in [0.3, 0.4) is 0 Å². The highest BCUT2D eigenvalue weighted by atomic mass is 16.5. The number of hydrogen-bond donors (Lipinski definition) is 0. The van der Waals surface area contributed by atoms with E-state index >= 15 is 0 Å². The van der Waals surface area contributed by atoms with Crippen LogP contribution in [0.1, 0.15) is 12.8 Å². The second-order valence-corrected chi connectivity index (χ2v) is 5.35. The Morgan fingerprint density at radius 3 is 2.90 bits per heavy atom. The summed E-state index contributed by atoms with van der Waals surface area (Å²) in [6.45, 7) is 5.11. The second kappa shape index (κ2) is 6.37. The quantitative estimate of drug-likeness (QED) is 0.816. The monoisotopic (exact) mass is 278 g/mol. The third-order valence-corrected chi connectivity index (χ3v) is 3.87. The van der Waals surface area contributed by atoms with Gasteiger partial charge in [-0.1, -0.05) is 0 Å². The fourth-order valence-corrected chi connectivity index (χ4v) is 2.70. The van der Waals surface area contributed by atoms with E-state index in [2.05, 4.69) is 32.9 Å². The molecule has 2 aliphatic heterocycles. The van der Waals surface area contributed by atoms with Crippen molar-refractivity contribution in [2.75, 3.05) is 56.3 Å². The Labute approximate surface area is 119 Å². The lowest BCUT2D eigenvalue weighted by molar-refractivity contribution is 0.116. The predicted octanol–water partition coefficient (Wildman–Crippen LogP) is 0.928. The number of morpholine rings is 1. The number of aromatic nitrogens is 2. The molecule has 1 aromatic rings. The normalized spacial score (nSPS) is 23.1. The molecule has 3 rings (SSSR count). The highest BCUT2D eigenvalue weighted by molar-refractivity contribution is 5.50. The minimum Gasteiger partial charge on any atom is -0.378 e. The molecule has 1 atom stereocenters. The van der Waals surface area contributed by atoms with Crippen LogP contribution in [0.15, 0.2) is 12.4 Å². The van der Waals surface area contributed by atoms with Gasteiger partial charge in [0.25, 0.3) is 0 Å². The summed E-state index contributed by atoms with van der Waals surface area (Å²) in [6.07, 6.45) is 4.29. The molecule has 1 unspecified atom stereocenters. The Kier molecular flexibility index (Phi) is 4.32. The highest BCUT2D eigenvalue weighted by Gasteiger charge is 2.19. The molecule has 2 saturated heterocycles. The van der Waals surface area contributed by atoms with E-state index in [4.69, 9.17) is 9.47 Å².